The first kappa shape index (κ1) is 20.3. The number of amides is 1. The number of para-hydroxylation sites is 1. The molecule has 0 spiro atoms. The molecule has 0 aliphatic carbocycles. The third-order valence-electron chi connectivity index (χ3n) is 5.07. The minimum atomic E-state index is 0.0873. The number of carbonyl (C=O) groups is 1. The first-order valence-corrected chi connectivity index (χ1v) is 10.8. The number of carbonyl (C=O) groups excluding carboxylic acids is 1. The molecule has 30 heavy (non-hydrogen) atoms. The summed E-state index contributed by atoms with van der Waals surface area (Å²) < 4.78 is 12.9. The molecule has 0 bridgehead atoms. The summed E-state index contributed by atoms with van der Waals surface area (Å²) in [6.45, 7) is 1.04. The van der Waals surface area contributed by atoms with Crippen molar-refractivity contribution in [2.45, 2.75) is 24.6 Å². The number of nitrogens with zero attached hydrogens (tertiary/aromatic N) is 4. The molecule has 0 saturated carbocycles. The van der Waals surface area contributed by atoms with Gasteiger partial charge in [-0.3, -0.25) is 4.79 Å². The molecule has 0 unspecified atom stereocenters. The third kappa shape index (κ3) is 4.43. The van der Waals surface area contributed by atoms with E-state index < -0.39 is 0 Å². The highest BCUT2D eigenvalue weighted by molar-refractivity contribution is 7.99. The van der Waals surface area contributed by atoms with Crippen molar-refractivity contribution < 1.29 is 14.3 Å². The maximum absolute atomic E-state index is 12.8. The predicted octanol–water partition coefficient (Wildman–Crippen LogP) is 3.47. The van der Waals surface area contributed by atoms with Gasteiger partial charge in [0.2, 0.25) is 5.91 Å². The lowest BCUT2D eigenvalue weighted by atomic mass is 10.0. The number of aryl methyl sites for hydroxylation is 1. The van der Waals surface area contributed by atoms with E-state index in [2.05, 4.69) is 16.3 Å². The molecule has 0 fully saturated rings. The molecular formula is C22H24N4O3S. The van der Waals surface area contributed by atoms with Crippen molar-refractivity contribution >= 4 is 23.4 Å². The Morgan fingerprint density at radius 2 is 1.97 bits per heavy atom. The number of methoxy groups -OCH3 is 1. The number of benzene rings is 2. The van der Waals surface area contributed by atoms with Gasteiger partial charge in [0.15, 0.2) is 11.0 Å². The van der Waals surface area contributed by atoms with Gasteiger partial charge >= 0.3 is 0 Å². The van der Waals surface area contributed by atoms with Crippen LogP contribution in [-0.2, 0) is 24.9 Å². The van der Waals surface area contributed by atoms with Crippen LogP contribution in [0.1, 0.15) is 17.8 Å². The molecule has 0 saturated heterocycles. The highest BCUT2D eigenvalue weighted by Gasteiger charge is 2.23. The number of aromatic nitrogens is 3. The number of rotatable bonds is 7. The summed E-state index contributed by atoms with van der Waals surface area (Å²) in [6.07, 6.45) is 2.01. The zero-order valence-electron chi connectivity index (χ0n) is 17.1. The fraction of sp³-hybridized carbons (Fsp3) is 0.318. The van der Waals surface area contributed by atoms with E-state index in [-0.39, 0.29) is 12.5 Å². The second-order valence-electron chi connectivity index (χ2n) is 6.99. The van der Waals surface area contributed by atoms with Gasteiger partial charge in [0.05, 0.1) is 12.9 Å². The van der Waals surface area contributed by atoms with Crippen LogP contribution in [0.3, 0.4) is 0 Å². The van der Waals surface area contributed by atoms with Crippen LogP contribution in [0.25, 0.3) is 0 Å². The van der Waals surface area contributed by atoms with Crippen LogP contribution in [0.5, 0.6) is 11.5 Å². The van der Waals surface area contributed by atoms with Crippen molar-refractivity contribution in [1.29, 1.82) is 0 Å². The van der Waals surface area contributed by atoms with Crippen molar-refractivity contribution in [3.05, 3.63) is 59.9 Å². The summed E-state index contributed by atoms with van der Waals surface area (Å²) in [4.78, 5) is 14.7. The van der Waals surface area contributed by atoms with E-state index in [1.165, 1.54) is 17.3 Å². The fourth-order valence-corrected chi connectivity index (χ4v) is 4.24. The van der Waals surface area contributed by atoms with Gasteiger partial charge in [-0.15, -0.1) is 10.2 Å². The Hall–Kier alpha value is -3.00. The number of anilines is 1. The van der Waals surface area contributed by atoms with Gasteiger partial charge < -0.3 is 18.9 Å². The van der Waals surface area contributed by atoms with E-state index in [1.54, 1.807) is 7.11 Å². The summed E-state index contributed by atoms with van der Waals surface area (Å²) in [6, 6.07) is 15.5. The smallest absolute Gasteiger partial charge is 0.237 e. The van der Waals surface area contributed by atoms with Gasteiger partial charge in [-0.1, -0.05) is 36.0 Å². The quantitative estimate of drug-likeness (QED) is 0.541. The molecule has 1 aromatic heterocycles. The molecule has 8 heteroatoms. The molecule has 0 N–H and O–H groups in total. The number of thioether (sulfide) groups is 1. The molecule has 1 aliphatic rings. The Kier molecular flexibility index (Phi) is 6.23. The van der Waals surface area contributed by atoms with Crippen LogP contribution >= 0.6 is 11.8 Å². The summed E-state index contributed by atoms with van der Waals surface area (Å²) in [7, 11) is 3.50. The lowest BCUT2D eigenvalue weighted by Gasteiger charge is -2.29. The van der Waals surface area contributed by atoms with Crippen LogP contribution in [0.4, 0.5) is 5.69 Å². The first-order chi connectivity index (χ1) is 14.7. The average molecular weight is 425 g/mol. The molecule has 1 amide bonds. The standard InChI is InChI=1S/C22H24N4O3S/c1-25-20(14-29-18-10-5-9-17(13-18)28-2)23-24-22(25)30-15-21(27)26-12-6-8-16-7-3-4-11-19(16)26/h3-5,7,9-11,13H,6,8,12,14-15H2,1-2H3. The van der Waals surface area contributed by atoms with Crippen molar-refractivity contribution in [1.82, 2.24) is 14.8 Å². The van der Waals surface area contributed by atoms with E-state index in [4.69, 9.17) is 9.47 Å². The molecule has 2 aromatic carbocycles. The molecule has 0 radical (unpaired) electrons. The normalized spacial score (nSPS) is 13.1. The number of hydrogen-bond donors (Lipinski definition) is 0. The zero-order valence-corrected chi connectivity index (χ0v) is 17.9. The topological polar surface area (TPSA) is 69.5 Å². The van der Waals surface area contributed by atoms with Crippen LogP contribution in [0.2, 0.25) is 0 Å². The van der Waals surface area contributed by atoms with Crippen molar-refractivity contribution in [2.24, 2.45) is 7.05 Å². The van der Waals surface area contributed by atoms with E-state index in [0.717, 1.165) is 30.8 Å². The fourth-order valence-electron chi connectivity index (χ4n) is 3.43. The summed E-state index contributed by atoms with van der Waals surface area (Å²) in [5.74, 6) is 2.53. The first-order valence-electron chi connectivity index (χ1n) is 9.82. The van der Waals surface area contributed by atoms with Gasteiger partial charge in [-0.05, 0) is 36.6 Å². The SMILES string of the molecule is COc1cccc(OCc2nnc(SCC(=O)N3CCCc4ccccc43)n2C)c1. The van der Waals surface area contributed by atoms with Crippen LogP contribution in [0, 0.1) is 0 Å². The highest BCUT2D eigenvalue weighted by Crippen LogP contribution is 2.28. The van der Waals surface area contributed by atoms with Crippen LogP contribution < -0.4 is 14.4 Å². The Balaban J connectivity index is 1.36. The van der Waals surface area contributed by atoms with Crippen molar-refractivity contribution in [3.63, 3.8) is 0 Å². The molecule has 3 aromatic rings. The van der Waals surface area contributed by atoms with Gasteiger partial charge in [-0.25, -0.2) is 0 Å². The second kappa shape index (κ2) is 9.21. The van der Waals surface area contributed by atoms with Gasteiger partial charge in [-0.2, -0.15) is 0 Å². The van der Waals surface area contributed by atoms with E-state index >= 15 is 0 Å². The second-order valence-corrected chi connectivity index (χ2v) is 7.93. The van der Waals surface area contributed by atoms with E-state index in [9.17, 15) is 4.79 Å². The molecule has 4 rings (SSSR count). The minimum Gasteiger partial charge on any atom is -0.497 e. The van der Waals surface area contributed by atoms with E-state index in [1.807, 2.05) is 59.0 Å². The Bertz CT molecular complexity index is 1040. The summed E-state index contributed by atoms with van der Waals surface area (Å²) >= 11 is 1.39. The zero-order chi connectivity index (χ0) is 20.9. The van der Waals surface area contributed by atoms with Gasteiger partial charge in [0.25, 0.3) is 0 Å². The van der Waals surface area contributed by atoms with Crippen LogP contribution in [-0.4, -0.2) is 40.1 Å². The van der Waals surface area contributed by atoms with Gasteiger partial charge in [0, 0.05) is 25.3 Å². The average Bonchev–Trinajstić information content (AvgIpc) is 3.15. The lowest BCUT2D eigenvalue weighted by molar-refractivity contribution is -0.116. The molecule has 2 heterocycles. The molecular weight excluding hydrogens is 400 g/mol. The third-order valence-corrected chi connectivity index (χ3v) is 6.08. The molecule has 7 nitrogen and oxygen atoms in total. The minimum absolute atomic E-state index is 0.0873. The number of ether oxygens (including phenoxy) is 2. The van der Waals surface area contributed by atoms with Gasteiger partial charge in [0.1, 0.15) is 18.1 Å². The van der Waals surface area contributed by atoms with E-state index in [0.29, 0.717) is 22.5 Å². The Labute approximate surface area is 180 Å². The Morgan fingerprint density at radius 3 is 2.83 bits per heavy atom. The maximum Gasteiger partial charge on any atom is 0.237 e. The lowest BCUT2D eigenvalue weighted by Crippen LogP contribution is -2.36. The monoisotopic (exact) mass is 424 g/mol. The van der Waals surface area contributed by atoms with Crippen molar-refractivity contribution in [3.8, 4) is 11.5 Å². The van der Waals surface area contributed by atoms with Crippen LogP contribution in [0.15, 0.2) is 53.7 Å². The predicted molar refractivity (Wildman–Crippen MR) is 116 cm³/mol. The summed E-state index contributed by atoms with van der Waals surface area (Å²) in [5.41, 5.74) is 2.26. The highest BCUT2D eigenvalue weighted by atomic mass is 32.2. The molecule has 0 atom stereocenters. The Morgan fingerprint density at radius 1 is 1.13 bits per heavy atom. The van der Waals surface area contributed by atoms with Crippen molar-refractivity contribution in [2.75, 3.05) is 24.3 Å². The largest absolute Gasteiger partial charge is 0.497 e. The summed E-state index contributed by atoms with van der Waals surface area (Å²) in [5, 5.41) is 9.13. The maximum atomic E-state index is 12.8. The number of fused-ring (bicyclic) bond motifs is 1. The molecule has 1 aliphatic heterocycles. The number of hydrogen-bond acceptors (Lipinski definition) is 6. The molecule has 156 valence electrons.